The van der Waals surface area contributed by atoms with Crippen LogP contribution in [0.4, 0.5) is 5.69 Å². The summed E-state index contributed by atoms with van der Waals surface area (Å²) in [5, 5.41) is 23.4. The van der Waals surface area contributed by atoms with Gasteiger partial charge in [0.25, 0.3) is 5.69 Å². The molecule has 0 radical (unpaired) electrons. The van der Waals surface area contributed by atoms with Crippen LogP contribution >= 0.6 is 0 Å². The molecule has 6 nitrogen and oxygen atoms in total. The highest BCUT2D eigenvalue weighted by molar-refractivity contribution is 5.83. The molecule has 2 N–H and O–H groups in total. The first-order chi connectivity index (χ1) is 9.73. The average molecular weight is 292 g/mol. The third kappa shape index (κ3) is 2.90. The molecule has 0 heterocycles. The number of aliphatic hydroxyl groups is 1. The Morgan fingerprint density at radius 2 is 2.19 bits per heavy atom. The minimum Gasteiger partial charge on any atom is -0.392 e. The van der Waals surface area contributed by atoms with Crippen LogP contribution in [-0.2, 0) is 4.79 Å². The first-order valence-electron chi connectivity index (χ1n) is 6.96. The molecule has 1 aliphatic rings. The van der Waals surface area contributed by atoms with E-state index in [1.807, 2.05) is 13.8 Å². The van der Waals surface area contributed by atoms with Gasteiger partial charge >= 0.3 is 0 Å². The highest BCUT2D eigenvalue weighted by atomic mass is 16.6. The molecule has 114 valence electrons. The van der Waals surface area contributed by atoms with Crippen molar-refractivity contribution in [3.8, 4) is 0 Å². The predicted molar refractivity (Wildman–Crippen MR) is 77.8 cm³/mol. The van der Waals surface area contributed by atoms with Gasteiger partial charge in [0, 0.05) is 23.6 Å². The van der Waals surface area contributed by atoms with Crippen LogP contribution in [-0.4, -0.2) is 28.1 Å². The first kappa shape index (κ1) is 15.4. The monoisotopic (exact) mass is 292 g/mol. The van der Waals surface area contributed by atoms with Crippen LogP contribution in [0.25, 0.3) is 0 Å². The molecule has 1 amide bonds. The maximum absolute atomic E-state index is 12.3. The Kier molecular flexibility index (Phi) is 4.00. The number of carbonyl (C=O) groups excluding carboxylic acids is 1. The number of hydrogen-bond donors (Lipinski definition) is 2. The molecule has 0 saturated heterocycles. The molecule has 1 saturated carbocycles. The SMILES string of the molecule is CC(C(=O)NC1CC(O)C1(C)C)c1cccc([N+](=O)[O-])c1. The van der Waals surface area contributed by atoms with Crippen molar-refractivity contribution in [1.29, 1.82) is 0 Å². The quantitative estimate of drug-likeness (QED) is 0.655. The van der Waals surface area contributed by atoms with Gasteiger partial charge in [0.2, 0.25) is 5.91 Å². The van der Waals surface area contributed by atoms with Crippen LogP contribution in [0.2, 0.25) is 0 Å². The summed E-state index contributed by atoms with van der Waals surface area (Å²) in [5.41, 5.74) is 0.254. The fourth-order valence-electron chi connectivity index (χ4n) is 2.50. The number of benzene rings is 1. The summed E-state index contributed by atoms with van der Waals surface area (Å²) >= 11 is 0. The summed E-state index contributed by atoms with van der Waals surface area (Å²) in [6.45, 7) is 5.53. The zero-order valence-electron chi connectivity index (χ0n) is 12.4. The second-order valence-electron chi connectivity index (χ2n) is 6.21. The van der Waals surface area contributed by atoms with Crippen molar-refractivity contribution in [1.82, 2.24) is 5.32 Å². The van der Waals surface area contributed by atoms with Crippen molar-refractivity contribution in [3.63, 3.8) is 0 Å². The smallest absolute Gasteiger partial charge is 0.269 e. The van der Waals surface area contributed by atoms with E-state index in [4.69, 9.17) is 0 Å². The fraction of sp³-hybridized carbons (Fsp3) is 0.533. The van der Waals surface area contributed by atoms with E-state index in [9.17, 15) is 20.0 Å². The molecule has 1 fully saturated rings. The molecule has 0 bridgehead atoms. The van der Waals surface area contributed by atoms with Crippen LogP contribution in [0.5, 0.6) is 0 Å². The van der Waals surface area contributed by atoms with Gasteiger partial charge < -0.3 is 10.4 Å². The predicted octanol–water partition coefficient (Wildman–Crippen LogP) is 1.97. The van der Waals surface area contributed by atoms with Gasteiger partial charge in [-0.05, 0) is 18.9 Å². The maximum atomic E-state index is 12.3. The standard InChI is InChI=1S/C15H20N2O4/c1-9(10-5-4-6-11(7-10)17(20)21)14(19)16-12-8-13(18)15(12,2)3/h4-7,9,12-13,18H,8H2,1-3H3,(H,16,19). The normalized spacial score (nSPS) is 24.8. The van der Waals surface area contributed by atoms with Crippen LogP contribution in [0.3, 0.4) is 0 Å². The van der Waals surface area contributed by atoms with Gasteiger partial charge in [0.15, 0.2) is 0 Å². The number of non-ortho nitro benzene ring substituents is 1. The van der Waals surface area contributed by atoms with E-state index in [2.05, 4.69) is 5.32 Å². The van der Waals surface area contributed by atoms with Gasteiger partial charge in [-0.1, -0.05) is 26.0 Å². The number of nitrogens with zero attached hydrogens (tertiary/aromatic N) is 1. The van der Waals surface area contributed by atoms with Crippen molar-refractivity contribution in [2.45, 2.75) is 45.3 Å². The van der Waals surface area contributed by atoms with Crippen LogP contribution in [0, 0.1) is 15.5 Å². The molecule has 1 aromatic rings. The minimum absolute atomic E-state index is 0.0217. The molecular formula is C15H20N2O4. The number of nitro benzene ring substituents is 1. The number of carbonyl (C=O) groups is 1. The Bertz CT molecular complexity index is 571. The van der Waals surface area contributed by atoms with E-state index < -0.39 is 16.9 Å². The summed E-state index contributed by atoms with van der Waals surface area (Å²) in [6.07, 6.45) is 0.136. The molecule has 3 atom stereocenters. The molecule has 21 heavy (non-hydrogen) atoms. The van der Waals surface area contributed by atoms with Gasteiger partial charge in [0.1, 0.15) is 0 Å². The zero-order chi connectivity index (χ0) is 15.8. The van der Waals surface area contributed by atoms with E-state index in [1.165, 1.54) is 12.1 Å². The summed E-state index contributed by atoms with van der Waals surface area (Å²) in [6, 6.07) is 6.04. The largest absolute Gasteiger partial charge is 0.392 e. The molecule has 0 aliphatic heterocycles. The number of rotatable bonds is 4. The molecule has 0 aromatic heterocycles. The lowest BCUT2D eigenvalue weighted by Gasteiger charge is -2.49. The number of aliphatic hydroxyl groups excluding tert-OH is 1. The van der Waals surface area contributed by atoms with E-state index >= 15 is 0 Å². The fourth-order valence-corrected chi connectivity index (χ4v) is 2.50. The van der Waals surface area contributed by atoms with Crippen LogP contribution in [0.1, 0.15) is 38.7 Å². The first-order valence-corrected chi connectivity index (χ1v) is 6.96. The lowest BCUT2D eigenvalue weighted by molar-refractivity contribution is -0.384. The summed E-state index contributed by atoms with van der Waals surface area (Å²) < 4.78 is 0. The van der Waals surface area contributed by atoms with Crippen molar-refractivity contribution in [2.75, 3.05) is 0 Å². The molecule has 2 rings (SSSR count). The van der Waals surface area contributed by atoms with Crippen molar-refractivity contribution in [3.05, 3.63) is 39.9 Å². The van der Waals surface area contributed by atoms with Crippen LogP contribution < -0.4 is 5.32 Å². The number of nitrogens with one attached hydrogen (secondary N) is 1. The average Bonchev–Trinajstić information content (AvgIpc) is 2.46. The topological polar surface area (TPSA) is 92.5 Å². The van der Waals surface area contributed by atoms with Crippen LogP contribution in [0.15, 0.2) is 24.3 Å². The lowest BCUT2D eigenvalue weighted by atomic mass is 9.64. The van der Waals surface area contributed by atoms with Crippen molar-refractivity contribution < 1.29 is 14.8 Å². The third-order valence-electron chi connectivity index (χ3n) is 4.51. The molecule has 0 spiro atoms. The molecule has 1 aromatic carbocycles. The minimum atomic E-state index is -0.474. The maximum Gasteiger partial charge on any atom is 0.269 e. The van der Waals surface area contributed by atoms with E-state index in [-0.39, 0.29) is 23.1 Å². The van der Waals surface area contributed by atoms with E-state index in [1.54, 1.807) is 19.1 Å². The number of amides is 1. The van der Waals surface area contributed by atoms with Crippen molar-refractivity contribution in [2.24, 2.45) is 5.41 Å². The Hall–Kier alpha value is -1.95. The van der Waals surface area contributed by atoms with Gasteiger partial charge in [-0.3, -0.25) is 14.9 Å². The Labute approximate surface area is 123 Å². The molecule has 6 heteroatoms. The lowest BCUT2D eigenvalue weighted by Crippen LogP contribution is -2.61. The second-order valence-corrected chi connectivity index (χ2v) is 6.21. The highest BCUT2D eigenvalue weighted by Crippen LogP contribution is 2.40. The summed E-state index contributed by atoms with van der Waals surface area (Å²) in [7, 11) is 0. The highest BCUT2D eigenvalue weighted by Gasteiger charge is 2.48. The number of hydrogen-bond acceptors (Lipinski definition) is 4. The van der Waals surface area contributed by atoms with Gasteiger partial charge in [-0.15, -0.1) is 0 Å². The van der Waals surface area contributed by atoms with Gasteiger partial charge in [0.05, 0.1) is 16.9 Å². The van der Waals surface area contributed by atoms with Gasteiger partial charge in [-0.25, -0.2) is 0 Å². The summed E-state index contributed by atoms with van der Waals surface area (Å²) in [5.74, 6) is -0.654. The molecular weight excluding hydrogens is 272 g/mol. The Morgan fingerprint density at radius 1 is 1.52 bits per heavy atom. The molecule has 3 unspecified atom stereocenters. The number of nitro groups is 1. The third-order valence-corrected chi connectivity index (χ3v) is 4.51. The molecule has 1 aliphatic carbocycles. The summed E-state index contributed by atoms with van der Waals surface area (Å²) in [4.78, 5) is 22.6. The van der Waals surface area contributed by atoms with E-state index in [0.717, 1.165) is 0 Å². The Morgan fingerprint density at radius 3 is 2.71 bits per heavy atom. The van der Waals surface area contributed by atoms with Gasteiger partial charge in [-0.2, -0.15) is 0 Å². The van der Waals surface area contributed by atoms with E-state index in [0.29, 0.717) is 12.0 Å². The Balaban J connectivity index is 2.06. The zero-order valence-corrected chi connectivity index (χ0v) is 12.4. The van der Waals surface area contributed by atoms with Crippen molar-refractivity contribution >= 4 is 11.6 Å². The second kappa shape index (κ2) is 5.44.